The van der Waals surface area contributed by atoms with Crippen LogP contribution in [0.3, 0.4) is 0 Å². The first kappa shape index (κ1) is 13.8. The number of thiazole rings is 1. The normalized spacial score (nSPS) is 23.1. The lowest BCUT2D eigenvalue weighted by molar-refractivity contribution is 0.0275. The highest BCUT2D eigenvalue weighted by atomic mass is 32.1. The van der Waals surface area contributed by atoms with Gasteiger partial charge in [-0.15, -0.1) is 11.3 Å². The van der Waals surface area contributed by atoms with Gasteiger partial charge in [0.1, 0.15) is 0 Å². The molecule has 0 amide bonds. The second-order valence-electron chi connectivity index (χ2n) is 5.25. The number of anilines is 1. The van der Waals surface area contributed by atoms with E-state index in [0.717, 1.165) is 44.0 Å². The van der Waals surface area contributed by atoms with Gasteiger partial charge in [0.2, 0.25) is 0 Å². The molecule has 1 aliphatic rings. The Bertz CT molecular complexity index is 363. The van der Waals surface area contributed by atoms with E-state index in [1.165, 1.54) is 4.88 Å². The van der Waals surface area contributed by atoms with Crippen LogP contribution >= 0.6 is 11.3 Å². The van der Waals surface area contributed by atoms with E-state index in [-0.39, 0.29) is 6.10 Å². The molecule has 1 saturated carbocycles. The molecule has 1 aliphatic carbocycles. The standard InChI is InChI=1S/C13H23N3OS/c1-3-4-14-13-15-7-12(18-13)9-16(2)8-10-5-11(17)6-10/h7,10-11,17H,3-6,8-9H2,1-2H3,(H,14,15). The van der Waals surface area contributed by atoms with Crippen molar-refractivity contribution >= 4 is 16.5 Å². The molecule has 0 saturated heterocycles. The monoisotopic (exact) mass is 269 g/mol. The molecule has 18 heavy (non-hydrogen) atoms. The Hall–Kier alpha value is -0.650. The van der Waals surface area contributed by atoms with Gasteiger partial charge in [-0.1, -0.05) is 6.92 Å². The number of aromatic nitrogens is 1. The van der Waals surface area contributed by atoms with E-state index in [2.05, 4.69) is 29.2 Å². The van der Waals surface area contributed by atoms with Crippen LogP contribution in [-0.4, -0.2) is 41.2 Å². The van der Waals surface area contributed by atoms with Crippen LogP contribution in [0.15, 0.2) is 6.20 Å². The quantitative estimate of drug-likeness (QED) is 0.796. The van der Waals surface area contributed by atoms with Gasteiger partial charge >= 0.3 is 0 Å². The van der Waals surface area contributed by atoms with Crippen molar-refractivity contribution in [2.45, 2.75) is 38.8 Å². The molecule has 5 heteroatoms. The van der Waals surface area contributed by atoms with Crippen molar-refractivity contribution in [3.05, 3.63) is 11.1 Å². The van der Waals surface area contributed by atoms with E-state index in [0.29, 0.717) is 5.92 Å². The molecule has 0 atom stereocenters. The van der Waals surface area contributed by atoms with Crippen molar-refractivity contribution in [1.82, 2.24) is 9.88 Å². The van der Waals surface area contributed by atoms with E-state index in [9.17, 15) is 5.11 Å². The van der Waals surface area contributed by atoms with E-state index >= 15 is 0 Å². The van der Waals surface area contributed by atoms with Crippen LogP contribution in [-0.2, 0) is 6.54 Å². The smallest absolute Gasteiger partial charge is 0.182 e. The van der Waals surface area contributed by atoms with Crippen LogP contribution in [0.5, 0.6) is 0 Å². The Balaban J connectivity index is 1.72. The lowest BCUT2D eigenvalue weighted by atomic mass is 9.82. The van der Waals surface area contributed by atoms with Gasteiger partial charge in [-0.3, -0.25) is 0 Å². The highest BCUT2D eigenvalue weighted by Gasteiger charge is 2.27. The average Bonchev–Trinajstić information content (AvgIpc) is 2.72. The summed E-state index contributed by atoms with van der Waals surface area (Å²) < 4.78 is 0. The maximum atomic E-state index is 9.27. The molecule has 102 valence electrons. The Kier molecular flexibility index (Phi) is 4.97. The predicted molar refractivity (Wildman–Crippen MR) is 76.0 cm³/mol. The summed E-state index contributed by atoms with van der Waals surface area (Å²) in [6.45, 7) is 5.18. The highest BCUT2D eigenvalue weighted by molar-refractivity contribution is 7.15. The van der Waals surface area contributed by atoms with Crippen molar-refractivity contribution in [2.75, 3.05) is 25.5 Å². The third-order valence-corrected chi connectivity index (χ3v) is 4.23. The third kappa shape index (κ3) is 3.93. The molecule has 0 bridgehead atoms. The SMILES string of the molecule is CCCNc1ncc(CN(C)CC2CC(O)C2)s1. The van der Waals surface area contributed by atoms with Crippen LogP contribution in [0, 0.1) is 5.92 Å². The van der Waals surface area contributed by atoms with Crippen molar-refractivity contribution in [3.63, 3.8) is 0 Å². The molecular weight excluding hydrogens is 246 g/mol. The summed E-state index contributed by atoms with van der Waals surface area (Å²) in [5, 5.41) is 13.6. The average molecular weight is 269 g/mol. The lowest BCUT2D eigenvalue weighted by Crippen LogP contribution is -2.36. The van der Waals surface area contributed by atoms with Gasteiger partial charge in [0, 0.05) is 30.7 Å². The highest BCUT2D eigenvalue weighted by Crippen LogP contribution is 2.28. The third-order valence-electron chi connectivity index (χ3n) is 3.29. The molecule has 1 heterocycles. The second-order valence-corrected chi connectivity index (χ2v) is 6.36. The largest absolute Gasteiger partial charge is 0.393 e. The minimum atomic E-state index is -0.0448. The van der Waals surface area contributed by atoms with E-state index in [1.54, 1.807) is 11.3 Å². The van der Waals surface area contributed by atoms with Crippen molar-refractivity contribution in [1.29, 1.82) is 0 Å². The summed E-state index contributed by atoms with van der Waals surface area (Å²) in [6, 6.07) is 0. The maximum absolute atomic E-state index is 9.27. The van der Waals surface area contributed by atoms with Gasteiger partial charge in [0.25, 0.3) is 0 Å². The number of hydrogen-bond acceptors (Lipinski definition) is 5. The van der Waals surface area contributed by atoms with Gasteiger partial charge in [0.05, 0.1) is 6.10 Å². The summed E-state index contributed by atoms with van der Waals surface area (Å²) in [7, 11) is 2.14. The van der Waals surface area contributed by atoms with Gasteiger partial charge in [-0.25, -0.2) is 4.98 Å². The summed E-state index contributed by atoms with van der Waals surface area (Å²) in [5.41, 5.74) is 0. The number of nitrogens with one attached hydrogen (secondary N) is 1. The summed E-state index contributed by atoms with van der Waals surface area (Å²) in [4.78, 5) is 8.00. The Morgan fingerprint density at radius 1 is 1.56 bits per heavy atom. The molecular formula is C13H23N3OS. The van der Waals surface area contributed by atoms with E-state index in [4.69, 9.17) is 0 Å². The zero-order chi connectivity index (χ0) is 13.0. The van der Waals surface area contributed by atoms with E-state index in [1.807, 2.05) is 6.20 Å². The fraction of sp³-hybridized carbons (Fsp3) is 0.769. The van der Waals surface area contributed by atoms with Crippen LogP contribution in [0.2, 0.25) is 0 Å². The zero-order valence-corrected chi connectivity index (χ0v) is 12.0. The Labute approximate surface area is 113 Å². The molecule has 0 aliphatic heterocycles. The van der Waals surface area contributed by atoms with Crippen molar-refractivity contribution < 1.29 is 5.11 Å². The molecule has 2 N–H and O–H groups in total. The number of hydrogen-bond donors (Lipinski definition) is 2. The molecule has 0 aromatic carbocycles. The van der Waals surface area contributed by atoms with Crippen LogP contribution in [0.1, 0.15) is 31.1 Å². The molecule has 4 nitrogen and oxygen atoms in total. The lowest BCUT2D eigenvalue weighted by Gasteiger charge is -2.34. The first-order valence-corrected chi connectivity index (χ1v) is 7.54. The number of rotatable bonds is 7. The zero-order valence-electron chi connectivity index (χ0n) is 11.2. The maximum Gasteiger partial charge on any atom is 0.182 e. The minimum Gasteiger partial charge on any atom is -0.393 e. The van der Waals surface area contributed by atoms with Crippen LogP contribution < -0.4 is 5.32 Å². The van der Waals surface area contributed by atoms with Crippen LogP contribution in [0.25, 0.3) is 0 Å². The molecule has 0 radical (unpaired) electrons. The Morgan fingerprint density at radius 3 is 3.00 bits per heavy atom. The predicted octanol–water partition coefficient (Wildman–Crippen LogP) is 2.17. The number of nitrogens with zero attached hydrogens (tertiary/aromatic N) is 2. The number of aliphatic hydroxyl groups is 1. The molecule has 0 unspecified atom stereocenters. The topological polar surface area (TPSA) is 48.4 Å². The van der Waals surface area contributed by atoms with E-state index < -0.39 is 0 Å². The fourth-order valence-electron chi connectivity index (χ4n) is 2.32. The fourth-order valence-corrected chi connectivity index (χ4v) is 3.23. The second kappa shape index (κ2) is 6.50. The molecule has 2 rings (SSSR count). The first-order chi connectivity index (χ1) is 8.67. The van der Waals surface area contributed by atoms with Crippen molar-refractivity contribution in [3.8, 4) is 0 Å². The molecule has 1 aromatic rings. The van der Waals surface area contributed by atoms with Crippen molar-refractivity contribution in [2.24, 2.45) is 5.92 Å². The van der Waals surface area contributed by atoms with Gasteiger partial charge < -0.3 is 15.3 Å². The minimum absolute atomic E-state index is 0.0448. The van der Waals surface area contributed by atoms with Gasteiger partial charge in [0.15, 0.2) is 5.13 Å². The molecule has 0 spiro atoms. The number of aliphatic hydroxyl groups excluding tert-OH is 1. The van der Waals surface area contributed by atoms with Gasteiger partial charge in [-0.2, -0.15) is 0 Å². The first-order valence-electron chi connectivity index (χ1n) is 6.72. The summed E-state index contributed by atoms with van der Waals surface area (Å²) in [5.74, 6) is 0.676. The molecule has 1 aromatic heterocycles. The van der Waals surface area contributed by atoms with Gasteiger partial charge in [-0.05, 0) is 32.2 Å². The summed E-state index contributed by atoms with van der Waals surface area (Å²) >= 11 is 1.74. The molecule has 1 fully saturated rings. The Morgan fingerprint density at radius 2 is 2.33 bits per heavy atom. The summed E-state index contributed by atoms with van der Waals surface area (Å²) in [6.07, 6.45) is 4.98. The van der Waals surface area contributed by atoms with Crippen LogP contribution in [0.4, 0.5) is 5.13 Å².